The van der Waals surface area contributed by atoms with Crippen LogP contribution in [0, 0.1) is 0 Å². The minimum atomic E-state index is -3.59. The topological polar surface area (TPSA) is 64.6 Å². The third-order valence-electron chi connectivity index (χ3n) is 3.32. The third-order valence-corrected chi connectivity index (χ3v) is 4.87. The zero-order chi connectivity index (χ0) is 16.2. The Balaban J connectivity index is 2.15. The van der Waals surface area contributed by atoms with Gasteiger partial charge in [0.1, 0.15) is 11.5 Å². The molecular formula is C16H19NO4S. The first-order chi connectivity index (χ1) is 10.5. The van der Waals surface area contributed by atoms with Gasteiger partial charge >= 0.3 is 0 Å². The fraction of sp³-hybridized carbons (Fsp3) is 0.250. The molecule has 0 aliphatic rings. The van der Waals surface area contributed by atoms with Gasteiger partial charge in [-0.15, -0.1) is 0 Å². The van der Waals surface area contributed by atoms with Crippen LogP contribution in [0.5, 0.6) is 11.5 Å². The van der Waals surface area contributed by atoms with Gasteiger partial charge in [0.05, 0.1) is 19.1 Å². The second kappa shape index (κ2) is 6.81. The number of benzene rings is 2. The lowest BCUT2D eigenvalue weighted by Crippen LogP contribution is -2.26. The number of methoxy groups -OCH3 is 2. The Kier molecular flexibility index (Phi) is 5.05. The first-order valence-electron chi connectivity index (χ1n) is 6.76. The van der Waals surface area contributed by atoms with E-state index in [0.29, 0.717) is 5.75 Å². The quantitative estimate of drug-likeness (QED) is 0.888. The Bertz CT molecular complexity index is 709. The third kappa shape index (κ3) is 3.78. The van der Waals surface area contributed by atoms with E-state index in [4.69, 9.17) is 9.47 Å². The van der Waals surface area contributed by atoms with E-state index in [1.807, 2.05) is 12.1 Å². The molecule has 0 heterocycles. The molecule has 5 nitrogen and oxygen atoms in total. The largest absolute Gasteiger partial charge is 0.497 e. The summed E-state index contributed by atoms with van der Waals surface area (Å²) in [6.07, 6.45) is 0. The molecule has 118 valence electrons. The van der Waals surface area contributed by atoms with Crippen LogP contribution in [0.25, 0.3) is 0 Å². The molecule has 6 heteroatoms. The molecule has 2 aromatic carbocycles. The average Bonchev–Trinajstić information content (AvgIpc) is 2.54. The monoisotopic (exact) mass is 321 g/mol. The number of hydrogen-bond acceptors (Lipinski definition) is 4. The summed E-state index contributed by atoms with van der Waals surface area (Å²) in [4.78, 5) is 0.202. The number of sulfonamides is 1. The molecule has 0 amide bonds. The van der Waals surface area contributed by atoms with Crippen molar-refractivity contribution in [2.75, 3.05) is 14.2 Å². The van der Waals surface area contributed by atoms with Gasteiger partial charge in [0.15, 0.2) is 0 Å². The number of ether oxygens (including phenoxy) is 2. The van der Waals surface area contributed by atoms with Crippen LogP contribution in [0.3, 0.4) is 0 Å². The summed E-state index contributed by atoms with van der Waals surface area (Å²) in [5.74, 6) is 1.34. The van der Waals surface area contributed by atoms with E-state index in [1.165, 1.54) is 19.2 Å². The second-order valence-electron chi connectivity index (χ2n) is 4.79. The van der Waals surface area contributed by atoms with Crippen molar-refractivity contribution < 1.29 is 17.9 Å². The highest BCUT2D eigenvalue weighted by Gasteiger charge is 2.18. The summed E-state index contributed by atoms with van der Waals surface area (Å²) in [5.41, 5.74) is 0.859. The molecule has 2 rings (SSSR count). The molecule has 0 aromatic heterocycles. The van der Waals surface area contributed by atoms with Gasteiger partial charge in [-0.2, -0.15) is 0 Å². The minimum Gasteiger partial charge on any atom is -0.497 e. The lowest BCUT2D eigenvalue weighted by molar-refractivity contribution is 0.414. The average molecular weight is 321 g/mol. The van der Waals surface area contributed by atoms with Crippen LogP contribution in [-0.4, -0.2) is 22.6 Å². The van der Waals surface area contributed by atoms with Crippen LogP contribution in [0.4, 0.5) is 0 Å². The lowest BCUT2D eigenvalue weighted by Gasteiger charge is -2.15. The Hall–Kier alpha value is -2.05. The number of nitrogens with one attached hydrogen (secondary N) is 1. The van der Waals surface area contributed by atoms with Crippen LogP contribution in [0.15, 0.2) is 53.4 Å². The van der Waals surface area contributed by atoms with Crippen molar-refractivity contribution in [3.63, 3.8) is 0 Å². The summed E-state index contributed by atoms with van der Waals surface area (Å²) < 4.78 is 37.5. The van der Waals surface area contributed by atoms with E-state index >= 15 is 0 Å². The molecule has 0 unspecified atom stereocenters. The van der Waals surface area contributed by atoms with Crippen molar-refractivity contribution in [3.8, 4) is 11.5 Å². The first kappa shape index (κ1) is 16.3. The van der Waals surface area contributed by atoms with Crippen LogP contribution >= 0.6 is 0 Å². The van der Waals surface area contributed by atoms with Crippen LogP contribution in [-0.2, 0) is 10.0 Å². The number of hydrogen-bond donors (Lipinski definition) is 1. The second-order valence-corrected chi connectivity index (χ2v) is 6.51. The molecule has 2 aromatic rings. The van der Waals surface area contributed by atoms with Gasteiger partial charge in [-0.3, -0.25) is 0 Å². The molecule has 1 atom stereocenters. The summed E-state index contributed by atoms with van der Waals surface area (Å²) >= 11 is 0. The van der Waals surface area contributed by atoms with Gasteiger partial charge in [-0.1, -0.05) is 12.1 Å². The zero-order valence-electron chi connectivity index (χ0n) is 12.7. The van der Waals surface area contributed by atoms with E-state index in [-0.39, 0.29) is 10.9 Å². The molecule has 0 saturated carbocycles. The smallest absolute Gasteiger partial charge is 0.241 e. The van der Waals surface area contributed by atoms with Crippen molar-refractivity contribution in [2.24, 2.45) is 0 Å². The number of rotatable bonds is 6. The summed E-state index contributed by atoms with van der Waals surface area (Å²) in [6.45, 7) is 1.79. The van der Waals surface area contributed by atoms with Gasteiger partial charge in [0.25, 0.3) is 0 Å². The zero-order valence-corrected chi connectivity index (χ0v) is 13.6. The molecule has 0 radical (unpaired) electrons. The summed E-state index contributed by atoms with van der Waals surface area (Å²) in [7, 11) is -0.462. The molecule has 0 fully saturated rings. The van der Waals surface area contributed by atoms with Crippen molar-refractivity contribution in [3.05, 3.63) is 54.1 Å². The predicted molar refractivity (Wildman–Crippen MR) is 84.7 cm³/mol. The van der Waals surface area contributed by atoms with Crippen LogP contribution in [0.2, 0.25) is 0 Å². The van der Waals surface area contributed by atoms with Crippen LogP contribution < -0.4 is 14.2 Å². The molecule has 0 aliphatic carbocycles. The minimum absolute atomic E-state index is 0.202. The van der Waals surface area contributed by atoms with E-state index in [1.54, 1.807) is 38.3 Å². The Morgan fingerprint density at radius 2 is 1.32 bits per heavy atom. The Labute approximate surface area is 130 Å². The fourth-order valence-electron chi connectivity index (χ4n) is 2.02. The van der Waals surface area contributed by atoms with E-state index in [0.717, 1.165) is 11.3 Å². The molecule has 0 bridgehead atoms. The van der Waals surface area contributed by atoms with Crippen molar-refractivity contribution in [2.45, 2.75) is 17.9 Å². The maximum absolute atomic E-state index is 12.4. The maximum atomic E-state index is 12.4. The van der Waals surface area contributed by atoms with Crippen molar-refractivity contribution >= 4 is 10.0 Å². The van der Waals surface area contributed by atoms with Gasteiger partial charge in [0.2, 0.25) is 10.0 Å². The Morgan fingerprint density at radius 3 is 1.77 bits per heavy atom. The standard InChI is InChI=1S/C16H19NO4S/c1-12(13-4-6-14(20-2)7-5-13)17-22(18,19)16-10-8-15(21-3)9-11-16/h4-12,17H,1-3H3/t12-/m1/s1. The van der Waals surface area contributed by atoms with Crippen molar-refractivity contribution in [1.29, 1.82) is 0 Å². The van der Waals surface area contributed by atoms with Crippen molar-refractivity contribution in [1.82, 2.24) is 4.72 Å². The molecule has 0 spiro atoms. The summed E-state index contributed by atoms with van der Waals surface area (Å²) in [6, 6.07) is 13.2. The highest BCUT2D eigenvalue weighted by Crippen LogP contribution is 2.21. The normalized spacial score (nSPS) is 12.7. The van der Waals surface area contributed by atoms with Gasteiger partial charge in [-0.25, -0.2) is 13.1 Å². The molecule has 0 aliphatic heterocycles. The first-order valence-corrected chi connectivity index (χ1v) is 8.25. The highest BCUT2D eigenvalue weighted by atomic mass is 32.2. The van der Waals surface area contributed by atoms with Gasteiger partial charge in [0, 0.05) is 6.04 Å². The summed E-state index contributed by atoms with van der Waals surface area (Å²) in [5, 5.41) is 0. The molecule has 22 heavy (non-hydrogen) atoms. The molecule has 1 N–H and O–H groups in total. The lowest BCUT2D eigenvalue weighted by atomic mass is 10.1. The van der Waals surface area contributed by atoms with E-state index in [2.05, 4.69) is 4.72 Å². The van der Waals surface area contributed by atoms with E-state index < -0.39 is 10.0 Å². The fourth-order valence-corrected chi connectivity index (χ4v) is 3.25. The molecule has 0 saturated heterocycles. The Morgan fingerprint density at radius 1 is 0.864 bits per heavy atom. The SMILES string of the molecule is COc1ccc([C@@H](C)NS(=O)(=O)c2ccc(OC)cc2)cc1. The van der Waals surface area contributed by atoms with Gasteiger partial charge < -0.3 is 9.47 Å². The highest BCUT2D eigenvalue weighted by molar-refractivity contribution is 7.89. The van der Waals surface area contributed by atoms with Crippen LogP contribution in [0.1, 0.15) is 18.5 Å². The maximum Gasteiger partial charge on any atom is 0.241 e. The van der Waals surface area contributed by atoms with Gasteiger partial charge in [-0.05, 0) is 48.9 Å². The predicted octanol–water partition coefficient (Wildman–Crippen LogP) is 2.74. The molecular weight excluding hydrogens is 302 g/mol. The van der Waals surface area contributed by atoms with E-state index in [9.17, 15) is 8.42 Å².